The second kappa shape index (κ2) is 10.2. The average molecular weight is 371 g/mol. The molecular formula is C20H25N3O4. The van der Waals surface area contributed by atoms with Crippen molar-refractivity contribution in [3.63, 3.8) is 0 Å². The summed E-state index contributed by atoms with van der Waals surface area (Å²) in [5.41, 5.74) is 1.48. The molecule has 0 bridgehead atoms. The minimum absolute atomic E-state index is 0.227. The SMILES string of the molecule is CCCCNC(=O)c1cc(C(=O)NCc2ccc(OC)c(OC)c2)ccn1. The van der Waals surface area contributed by atoms with Gasteiger partial charge in [-0.25, -0.2) is 0 Å². The van der Waals surface area contributed by atoms with Crippen molar-refractivity contribution < 1.29 is 19.1 Å². The van der Waals surface area contributed by atoms with Gasteiger partial charge in [-0.3, -0.25) is 14.6 Å². The molecule has 0 aliphatic heterocycles. The number of carbonyl (C=O) groups is 2. The lowest BCUT2D eigenvalue weighted by Gasteiger charge is -2.11. The van der Waals surface area contributed by atoms with Crippen LogP contribution in [0.15, 0.2) is 36.5 Å². The van der Waals surface area contributed by atoms with Crippen LogP contribution in [0.4, 0.5) is 0 Å². The molecule has 0 saturated carbocycles. The third-order valence-electron chi connectivity index (χ3n) is 3.97. The number of nitrogens with zero attached hydrogens (tertiary/aromatic N) is 1. The van der Waals surface area contributed by atoms with E-state index < -0.39 is 0 Å². The quantitative estimate of drug-likeness (QED) is 0.661. The number of nitrogens with one attached hydrogen (secondary N) is 2. The molecule has 0 radical (unpaired) electrons. The summed E-state index contributed by atoms with van der Waals surface area (Å²) >= 11 is 0. The van der Waals surface area contributed by atoms with Gasteiger partial charge in [-0.2, -0.15) is 0 Å². The fourth-order valence-electron chi connectivity index (χ4n) is 2.44. The molecule has 27 heavy (non-hydrogen) atoms. The molecule has 1 aromatic heterocycles. The number of methoxy groups -OCH3 is 2. The zero-order valence-electron chi connectivity index (χ0n) is 15.9. The maximum atomic E-state index is 12.4. The summed E-state index contributed by atoms with van der Waals surface area (Å²) < 4.78 is 10.5. The molecule has 0 atom stereocenters. The van der Waals surface area contributed by atoms with E-state index in [1.165, 1.54) is 12.3 Å². The largest absolute Gasteiger partial charge is 0.493 e. The predicted octanol–water partition coefficient (Wildman–Crippen LogP) is 2.56. The second-order valence-electron chi connectivity index (χ2n) is 5.91. The fraction of sp³-hybridized carbons (Fsp3) is 0.350. The van der Waals surface area contributed by atoms with Crippen LogP contribution < -0.4 is 20.1 Å². The van der Waals surface area contributed by atoms with Gasteiger partial charge in [0, 0.05) is 24.8 Å². The number of carbonyl (C=O) groups excluding carboxylic acids is 2. The molecule has 0 spiro atoms. The van der Waals surface area contributed by atoms with Gasteiger partial charge in [0.05, 0.1) is 14.2 Å². The smallest absolute Gasteiger partial charge is 0.269 e. The van der Waals surface area contributed by atoms with E-state index >= 15 is 0 Å². The van der Waals surface area contributed by atoms with Gasteiger partial charge in [-0.1, -0.05) is 19.4 Å². The van der Waals surface area contributed by atoms with Crippen LogP contribution in [0.3, 0.4) is 0 Å². The van der Waals surface area contributed by atoms with Gasteiger partial charge < -0.3 is 20.1 Å². The summed E-state index contributed by atoms with van der Waals surface area (Å²) in [5.74, 6) is 0.660. The Morgan fingerprint density at radius 1 is 1.00 bits per heavy atom. The molecule has 0 saturated heterocycles. The highest BCUT2D eigenvalue weighted by atomic mass is 16.5. The summed E-state index contributed by atoms with van der Waals surface area (Å²) in [6, 6.07) is 8.50. The molecule has 7 nitrogen and oxygen atoms in total. The topological polar surface area (TPSA) is 89.6 Å². The Bertz CT molecular complexity index is 793. The number of rotatable bonds is 9. The number of aromatic nitrogens is 1. The molecule has 0 aliphatic carbocycles. The molecule has 7 heteroatoms. The highest BCUT2D eigenvalue weighted by molar-refractivity contribution is 5.98. The highest BCUT2D eigenvalue weighted by Gasteiger charge is 2.12. The van der Waals surface area contributed by atoms with Gasteiger partial charge in [-0.15, -0.1) is 0 Å². The number of pyridine rings is 1. The molecule has 1 heterocycles. The summed E-state index contributed by atoms with van der Waals surface area (Å²) in [5, 5.41) is 5.62. The Labute approximate surface area is 159 Å². The number of hydrogen-bond acceptors (Lipinski definition) is 5. The second-order valence-corrected chi connectivity index (χ2v) is 5.91. The van der Waals surface area contributed by atoms with Crippen molar-refractivity contribution >= 4 is 11.8 Å². The number of ether oxygens (including phenoxy) is 2. The number of hydrogen-bond donors (Lipinski definition) is 2. The molecule has 1 aromatic carbocycles. The fourth-order valence-corrected chi connectivity index (χ4v) is 2.44. The Morgan fingerprint density at radius 2 is 1.78 bits per heavy atom. The maximum absolute atomic E-state index is 12.4. The first-order chi connectivity index (χ1) is 13.1. The number of unbranched alkanes of at least 4 members (excludes halogenated alkanes) is 1. The molecule has 0 unspecified atom stereocenters. The first-order valence-corrected chi connectivity index (χ1v) is 8.82. The van der Waals surface area contributed by atoms with Gasteiger partial charge in [0.25, 0.3) is 11.8 Å². The van der Waals surface area contributed by atoms with Crippen LogP contribution in [0, 0.1) is 0 Å². The van der Waals surface area contributed by atoms with Crippen LogP contribution in [0.5, 0.6) is 11.5 Å². The van der Waals surface area contributed by atoms with Gasteiger partial charge >= 0.3 is 0 Å². The van der Waals surface area contributed by atoms with Crippen molar-refractivity contribution in [3.05, 3.63) is 53.3 Å². The van der Waals surface area contributed by atoms with E-state index in [0.717, 1.165) is 18.4 Å². The van der Waals surface area contributed by atoms with E-state index in [1.807, 2.05) is 13.0 Å². The van der Waals surface area contributed by atoms with Crippen LogP contribution in [-0.2, 0) is 6.54 Å². The molecule has 0 fully saturated rings. The molecule has 2 amide bonds. The monoisotopic (exact) mass is 371 g/mol. The van der Waals surface area contributed by atoms with E-state index in [9.17, 15) is 9.59 Å². The van der Waals surface area contributed by atoms with Crippen molar-refractivity contribution in [1.82, 2.24) is 15.6 Å². The first kappa shape index (κ1) is 20.2. The van der Waals surface area contributed by atoms with E-state index in [0.29, 0.717) is 30.2 Å². The van der Waals surface area contributed by atoms with Crippen molar-refractivity contribution in [2.75, 3.05) is 20.8 Å². The van der Waals surface area contributed by atoms with Crippen molar-refractivity contribution in [2.45, 2.75) is 26.3 Å². The lowest BCUT2D eigenvalue weighted by molar-refractivity contribution is 0.0948. The van der Waals surface area contributed by atoms with E-state index in [4.69, 9.17) is 9.47 Å². The zero-order chi connectivity index (χ0) is 19.6. The van der Waals surface area contributed by atoms with Crippen molar-refractivity contribution in [2.24, 2.45) is 0 Å². The van der Waals surface area contributed by atoms with Gasteiger partial charge in [-0.05, 0) is 36.2 Å². The van der Waals surface area contributed by atoms with Gasteiger partial charge in [0.1, 0.15) is 5.69 Å². The van der Waals surface area contributed by atoms with Crippen LogP contribution in [-0.4, -0.2) is 37.6 Å². The molecule has 0 aliphatic rings. The number of benzene rings is 1. The minimum atomic E-state index is -0.283. The molecule has 144 valence electrons. The van der Waals surface area contributed by atoms with Crippen molar-refractivity contribution in [1.29, 1.82) is 0 Å². The summed E-state index contributed by atoms with van der Waals surface area (Å²) in [4.78, 5) is 28.5. The Kier molecular flexibility index (Phi) is 7.61. The van der Waals surface area contributed by atoms with E-state index in [-0.39, 0.29) is 17.5 Å². The molecule has 2 N–H and O–H groups in total. The highest BCUT2D eigenvalue weighted by Crippen LogP contribution is 2.27. The zero-order valence-corrected chi connectivity index (χ0v) is 15.9. The van der Waals surface area contributed by atoms with E-state index in [1.54, 1.807) is 32.4 Å². The van der Waals surface area contributed by atoms with Crippen molar-refractivity contribution in [3.8, 4) is 11.5 Å². The predicted molar refractivity (Wildman–Crippen MR) is 102 cm³/mol. The maximum Gasteiger partial charge on any atom is 0.269 e. The molecule has 2 aromatic rings. The van der Waals surface area contributed by atoms with E-state index in [2.05, 4.69) is 15.6 Å². The lowest BCUT2D eigenvalue weighted by Crippen LogP contribution is -2.27. The lowest BCUT2D eigenvalue weighted by atomic mass is 10.1. The summed E-state index contributed by atoms with van der Waals surface area (Å²) in [6.45, 7) is 2.96. The minimum Gasteiger partial charge on any atom is -0.493 e. The standard InChI is InChI=1S/C20H25N3O4/c1-4-5-9-22-20(25)16-12-15(8-10-21-16)19(24)23-13-14-6-7-17(26-2)18(11-14)27-3/h6-8,10-12H,4-5,9,13H2,1-3H3,(H,22,25)(H,23,24). The Morgan fingerprint density at radius 3 is 2.48 bits per heavy atom. The molecular weight excluding hydrogens is 346 g/mol. The third kappa shape index (κ3) is 5.70. The Balaban J connectivity index is 2.00. The summed E-state index contributed by atoms with van der Waals surface area (Å²) in [6.07, 6.45) is 3.35. The van der Waals surface area contributed by atoms with Crippen LogP contribution in [0.2, 0.25) is 0 Å². The van der Waals surface area contributed by atoms with Crippen LogP contribution >= 0.6 is 0 Å². The third-order valence-corrected chi connectivity index (χ3v) is 3.97. The summed E-state index contributed by atoms with van der Waals surface area (Å²) in [7, 11) is 3.13. The van der Waals surface area contributed by atoms with Crippen LogP contribution in [0.1, 0.15) is 46.2 Å². The number of amides is 2. The van der Waals surface area contributed by atoms with Crippen LogP contribution in [0.25, 0.3) is 0 Å². The first-order valence-electron chi connectivity index (χ1n) is 8.82. The molecule has 2 rings (SSSR count). The average Bonchev–Trinajstić information content (AvgIpc) is 2.71. The van der Waals surface area contributed by atoms with Gasteiger partial charge in [0.2, 0.25) is 0 Å². The Hall–Kier alpha value is -3.09. The normalized spacial score (nSPS) is 10.2. The van der Waals surface area contributed by atoms with Gasteiger partial charge in [0.15, 0.2) is 11.5 Å².